The van der Waals surface area contributed by atoms with Crippen LogP contribution in [-0.2, 0) is 10.8 Å². The van der Waals surface area contributed by atoms with E-state index in [0.29, 0.717) is 0 Å². The van der Waals surface area contributed by atoms with Gasteiger partial charge in [0.1, 0.15) is 0 Å². The molecule has 0 unspecified atom stereocenters. The Bertz CT molecular complexity index is 4370. The highest BCUT2D eigenvalue weighted by molar-refractivity contribution is 6.26. The van der Waals surface area contributed by atoms with Gasteiger partial charge in [0, 0.05) is 27.6 Å². The lowest BCUT2D eigenvalue weighted by molar-refractivity contribution is 0.660. The van der Waals surface area contributed by atoms with Crippen molar-refractivity contribution < 1.29 is 0 Å². The lowest BCUT2D eigenvalue weighted by Gasteiger charge is -2.34. The second-order valence-corrected chi connectivity index (χ2v) is 20.7. The normalized spacial score (nSPS) is 14.2. The highest BCUT2D eigenvalue weighted by Crippen LogP contribution is 2.64. The number of rotatable bonds is 4. The van der Waals surface area contributed by atoms with Gasteiger partial charge in [-0.3, -0.25) is 0 Å². The number of hydrogen-bond donors (Lipinski definition) is 0. The highest BCUT2D eigenvalue weighted by Gasteiger charge is 2.52. The Morgan fingerprint density at radius 2 is 0.694 bits per heavy atom. The van der Waals surface area contributed by atoms with E-state index in [0.717, 1.165) is 22.7 Å². The summed E-state index contributed by atoms with van der Waals surface area (Å²) in [4.78, 5) is 2.60. The Kier molecular flexibility index (Phi) is 7.92. The molecule has 2 nitrogen and oxygen atoms in total. The third kappa shape index (κ3) is 5.03. The SMILES string of the molecule is CC1(C)c2ccccc2-c2ccc(N(c3ccc4c5ccccc5c5ccccc5c4c3)c3cc4c(cc3-n3c5ccccc5c5ccccc53)-c3ccccc3C43c4ccccc4-c4ccccc43)cc21. The summed E-state index contributed by atoms with van der Waals surface area (Å²) >= 11 is 0. The number of para-hydroxylation sites is 2. The summed E-state index contributed by atoms with van der Waals surface area (Å²) in [5.41, 5.74) is 21.9. The number of nitrogens with zero attached hydrogens (tertiary/aromatic N) is 2. The molecule has 0 bridgehead atoms. The van der Waals surface area contributed by atoms with Crippen LogP contribution in [0.15, 0.2) is 243 Å². The molecule has 0 saturated heterocycles. The fraction of sp³-hybridized carbons (Fsp3) is 0.0571. The molecule has 336 valence electrons. The van der Waals surface area contributed by atoms with Crippen LogP contribution < -0.4 is 4.90 Å². The standard InChI is InChI=1S/C70H46N2/c1-69(2)59-29-13-7-23-50(59)54-38-36-44(40-63(54)69)71(43-35-37-49-47-21-4-3-19-45(47)46-20-5-6-22-48(46)57(49)39-43)68-42-64-58(41-67(68)72-65-33-17-11-27-55(65)56-28-12-18-34-66(56)72)53-26-10-16-32-62(53)70(64)60-30-14-8-24-51(60)52-25-9-15-31-61(52)70/h3-42H,1-2H3. The second-order valence-electron chi connectivity index (χ2n) is 20.7. The third-order valence-corrected chi connectivity index (χ3v) is 17.0. The van der Waals surface area contributed by atoms with E-state index in [1.807, 2.05) is 0 Å². The number of hydrogen-bond acceptors (Lipinski definition) is 1. The molecule has 13 aromatic rings. The van der Waals surface area contributed by atoms with Gasteiger partial charge >= 0.3 is 0 Å². The molecule has 0 atom stereocenters. The van der Waals surface area contributed by atoms with Crippen LogP contribution in [-0.4, -0.2) is 4.57 Å². The minimum atomic E-state index is -0.543. The van der Waals surface area contributed by atoms with E-state index in [4.69, 9.17) is 0 Å². The lowest BCUT2D eigenvalue weighted by atomic mass is 9.70. The Labute approximate surface area is 418 Å². The van der Waals surface area contributed by atoms with Gasteiger partial charge in [0.2, 0.25) is 0 Å². The molecule has 2 heteroatoms. The molecule has 12 aromatic carbocycles. The Balaban J connectivity index is 1.08. The van der Waals surface area contributed by atoms with Crippen molar-refractivity contribution in [2.75, 3.05) is 4.90 Å². The van der Waals surface area contributed by atoms with Crippen molar-refractivity contribution in [1.29, 1.82) is 0 Å². The number of anilines is 3. The van der Waals surface area contributed by atoms with Crippen LogP contribution in [0.4, 0.5) is 17.1 Å². The van der Waals surface area contributed by atoms with Crippen molar-refractivity contribution in [2.24, 2.45) is 0 Å². The monoisotopic (exact) mass is 914 g/mol. The molecular weight excluding hydrogens is 869 g/mol. The zero-order valence-electron chi connectivity index (χ0n) is 40.0. The summed E-state index contributed by atoms with van der Waals surface area (Å²) in [6.07, 6.45) is 0. The first-order chi connectivity index (χ1) is 35.5. The maximum atomic E-state index is 2.60. The average Bonchev–Trinajstić information content (AvgIpc) is 4.11. The minimum absolute atomic E-state index is 0.206. The summed E-state index contributed by atoms with van der Waals surface area (Å²) in [5.74, 6) is 0. The van der Waals surface area contributed by atoms with E-state index in [9.17, 15) is 0 Å². The maximum absolute atomic E-state index is 2.60. The van der Waals surface area contributed by atoms with Crippen LogP contribution in [0.2, 0.25) is 0 Å². The van der Waals surface area contributed by atoms with E-state index in [1.165, 1.54) is 121 Å². The second kappa shape index (κ2) is 14.3. The van der Waals surface area contributed by atoms with E-state index in [1.54, 1.807) is 0 Å². The summed E-state index contributed by atoms with van der Waals surface area (Å²) in [7, 11) is 0. The minimum Gasteiger partial charge on any atom is -0.308 e. The molecule has 1 aromatic heterocycles. The van der Waals surface area contributed by atoms with E-state index < -0.39 is 5.41 Å². The number of benzene rings is 12. The number of aromatic nitrogens is 1. The van der Waals surface area contributed by atoms with Gasteiger partial charge in [0.25, 0.3) is 0 Å². The lowest BCUT2D eigenvalue weighted by Crippen LogP contribution is -2.26. The van der Waals surface area contributed by atoms with Gasteiger partial charge in [-0.2, -0.15) is 0 Å². The van der Waals surface area contributed by atoms with Crippen molar-refractivity contribution in [3.05, 3.63) is 276 Å². The molecule has 1 heterocycles. The first-order valence-electron chi connectivity index (χ1n) is 25.3. The first kappa shape index (κ1) is 39.8. The van der Waals surface area contributed by atoms with E-state index in [-0.39, 0.29) is 5.41 Å². The van der Waals surface area contributed by atoms with E-state index in [2.05, 4.69) is 266 Å². The zero-order chi connectivity index (χ0) is 47.5. The molecule has 16 rings (SSSR count). The molecule has 3 aliphatic rings. The van der Waals surface area contributed by atoms with Crippen molar-refractivity contribution in [2.45, 2.75) is 24.7 Å². The van der Waals surface area contributed by atoms with Gasteiger partial charge in [0.15, 0.2) is 0 Å². The molecule has 3 aliphatic carbocycles. The van der Waals surface area contributed by atoms with Crippen LogP contribution >= 0.6 is 0 Å². The Morgan fingerprint density at radius 3 is 1.26 bits per heavy atom. The summed E-state index contributed by atoms with van der Waals surface area (Å²) in [6, 6.07) is 92.0. The zero-order valence-corrected chi connectivity index (χ0v) is 40.0. The smallest absolute Gasteiger partial charge is 0.0726 e. The predicted octanol–water partition coefficient (Wildman–Crippen LogP) is 18.4. The van der Waals surface area contributed by atoms with Gasteiger partial charge in [-0.05, 0) is 148 Å². The topological polar surface area (TPSA) is 8.17 Å². The quantitative estimate of drug-likeness (QED) is 0.160. The number of fused-ring (bicyclic) bond motifs is 22. The molecule has 0 saturated carbocycles. The van der Waals surface area contributed by atoms with Crippen LogP contribution in [0.25, 0.3) is 93.2 Å². The van der Waals surface area contributed by atoms with E-state index >= 15 is 0 Å². The maximum Gasteiger partial charge on any atom is 0.0726 e. The summed E-state index contributed by atoms with van der Waals surface area (Å²) in [5, 5.41) is 10.0. The average molecular weight is 915 g/mol. The van der Waals surface area contributed by atoms with Crippen LogP contribution in [0.5, 0.6) is 0 Å². The van der Waals surface area contributed by atoms with Crippen molar-refractivity contribution in [1.82, 2.24) is 4.57 Å². The molecule has 0 N–H and O–H groups in total. The molecule has 1 spiro atoms. The van der Waals surface area contributed by atoms with Crippen molar-refractivity contribution in [3.8, 4) is 39.1 Å². The van der Waals surface area contributed by atoms with Crippen LogP contribution in [0, 0.1) is 0 Å². The van der Waals surface area contributed by atoms with Gasteiger partial charge in [-0.15, -0.1) is 0 Å². The highest BCUT2D eigenvalue weighted by atomic mass is 15.2. The van der Waals surface area contributed by atoms with Crippen molar-refractivity contribution >= 4 is 71.2 Å². The molecule has 72 heavy (non-hydrogen) atoms. The van der Waals surface area contributed by atoms with Gasteiger partial charge in [0.05, 0.1) is 27.8 Å². The molecule has 0 radical (unpaired) electrons. The fourth-order valence-electron chi connectivity index (χ4n) is 13.9. The Hall–Kier alpha value is -8.98. The van der Waals surface area contributed by atoms with Gasteiger partial charge < -0.3 is 9.47 Å². The molecule has 0 aliphatic heterocycles. The molecular formula is C70H46N2. The Morgan fingerprint density at radius 1 is 0.292 bits per heavy atom. The molecule has 0 amide bonds. The van der Waals surface area contributed by atoms with Crippen LogP contribution in [0.1, 0.15) is 47.2 Å². The fourth-order valence-corrected chi connectivity index (χ4v) is 13.9. The summed E-state index contributed by atoms with van der Waals surface area (Å²) < 4.78 is 2.55. The summed E-state index contributed by atoms with van der Waals surface area (Å²) in [6.45, 7) is 4.79. The van der Waals surface area contributed by atoms with Gasteiger partial charge in [-0.25, -0.2) is 0 Å². The third-order valence-electron chi connectivity index (χ3n) is 17.0. The largest absolute Gasteiger partial charge is 0.308 e. The molecule has 0 fully saturated rings. The van der Waals surface area contributed by atoms with Gasteiger partial charge in [-0.1, -0.05) is 208 Å². The van der Waals surface area contributed by atoms with Crippen LogP contribution in [0.3, 0.4) is 0 Å². The predicted molar refractivity (Wildman–Crippen MR) is 302 cm³/mol. The van der Waals surface area contributed by atoms with Crippen molar-refractivity contribution in [3.63, 3.8) is 0 Å². The first-order valence-corrected chi connectivity index (χ1v) is 25.3.